The van der Waals surface area contributed by atoms with Crippen molar-refractivity contribution < 1.29 is 4.74 Å². The van der Waals surface area contributed by atoms with Gasteiger partial charge in [0.15, 0.2) is 0 Å². The molecule has 3 rings (SSSR count). The predicted octanol–water partition coefficient (Wildman–Crippen LogP) is 5.34. The number of fused-ring (bicyclic) bond motifs is 1. The maximum Gasteiger partial charge on any atom is 0.119 e. The van der Waals surface area contributed by atoms with Gasteiger partial charge in [-0.15, -0.1) is 0 Å². The molecule has 0 unspecified atom stereocenters. The second-order valence-electron chi connectivity index (χ2n) is 6.51. The summed E-state index contributed by atoms with van der Waals surface area (Å²) < 4.78 is 5.77. The first-order valence-electron chi connectivity index (χ1n) is 8.75. The van der Waals surface area contributed by atoms with Gasteiger partial charge in [-0.25, -0.2) is 0 Å². The molecule has 2 nitrogen and oxygen atoms in total. The van der Waals surface area contributed by atoms with Crippen molar-refractivity contribution in [2.75, 3.05) is 27.2 Å². The van der Waals surface area contributed by atoms with E-state index in [1.165, 1.54) is 21.9 Å². The van der Waals surface area contributed by atoms with Gasteiger partial charge >= 0.3 is 0 Å². The largest absolute Gasteiger partial charge is 0.494 e. The van der Waals surface area contributed by atoms with E-state index in [9.17, 15) is 0 Å². The minimum Gasteiger partial charge on any atom is -0.494 e. The van der Waals surface area contributed by atoms with E-state index in [0.717, 1.165) is 25.3 Å². The van der Waals surface area contributed by atoms with Crippen LogP contribution in [0.1, 0.15) is 17.5 Å². The van der Waals surface area contributed by atoms with Gasteiger partial charge in [0.1, 0.15) is 5.75 Å². The number of nitrogens with zero attached hydrogens (tertiary/aromatic N) is 1. The standard InChI is InChI=1S/C23H25NO/c1-24(2)16-5-17-25-23-14-11-19(12-15-23)8-9-20-10-13-21-6-3-4-7-22(21)18-20/h3-4,6-15,18H,5,16-17H2,1-2H3. The van der Waals surface area contributed by atoms with Crippen LogP contribution in [-0.2, 0) is 0 Å². The van der Waals surface area contributed by atoms with Crippen LogP contribution in [0.25, 0.3) is 22.9 Å². The van der Waals surface area contributed by atoms with E-state index in [2.05, 4.69) is 85.7 Å². The molecule has 0 amide bonds. The van der Waals surface area contributed by atoms with Crippen LogP contribution in [0.2, 0.25) is 0 Å². The summed E-state index contributed by atoms with van der Waals surface area (Å²) in [5.74, 6) is 0.932. The van der Waals surface area contributed by atoms with Crippen LogP contribution < -0.4 is 4.74 Å². The van der Waals surface area contributed by atoms with Crippen LogP contribution in [0.5, 0.6) is 5.75 Å². The summed E-state index contributed by atoms with van der Waals surface area (Å²) in [6.07, 6.45) is 5.33. The molecule has 0 fully saturated rings. The molecule has 0 atom stereocenters. The summed E-state index contributed by atoms with van der Waals surface area (Å²) >= 11 is 0. The molecular weight excluding hydrogens is 306 g/mol. The first kappa shape index (κ1) is 17.2. The molecule has 0 N–H and O–H groups in total. The number of hydrogen-bond donors (Lipinski definition) is 0. The predicted molar refractivity (Wildman–Crippen MR) is 108 cm³/mol. The highest BCUT2D eigenvalue weighted by Gasteiger charge is 1.96. The fraction of sp³-hybridized carbons (Fsp3) is 0.217. The van der Waals surface area contributed by atoms with Gasteiger partial charge in [-0.1, -0.05) is 60.7 Å². The first-order valence-corrected chi connectivity index (χ1v) is 8.75. The molecule has 0 saturated carbocycles. The zero-order valence-corrected chi connectivity index (χ0v) is 15.0. The smallest absolute Gasteiger partial charge is 0.119 e. The van der Waals surface area contributed by atoms with Crippen LogP contribution in [0.4, 0.5) is 0 Å². The van der Waals surface area contributed by atoms with Crippen molar-refractivity contribution >= 4 is 22.9 Å². The molecule has 3 aromatic carbocycles. The second-order valence-corrected chi connectivity index (χ2v) is 6.51. The van der Waals surface area contributed by atoms with E-state index in [1.807, 2.05) is 12.1 Å². The third kappa shape index (κ3) is 5.20. The van der Waals surface area contributed by atoms with E-state index in [0.29, 0.717) is 0 Å². The zero-order valence-electron chi connectivity index (χ0n) is 15.0. The second kappa shape index (κ2) is 8.50. The van der Waals surface area contributed by atoms with Gasteiger partial charge in [-0.2, -0.15) is 0 Å². The number of rotatable bonds is 7. The van der Waals surface area contributed by atoms with E-state index >= 15 is 0 Å². The molecular formula is C23H25NO. The fourth-order valence-electron chi connectivity index (χ4n) is 2.75. The normalized spacial score (nSPS) is 11.5. The van der Waals surface area contributed by atoms with Gasteiger partial charge in [0.05, 0.1) is 6.61 Å². The Labute approximate surface area is 150 Å². The average molecular weight is 331 g/mol. The summed E-state index contributed by atoms with van der Waals surface area (Å²) in [5.41, 5.74) is 2.39. The topological polar surface area (TPSA) is 12.5 Å². The highest BCUT2D eigenvalue weighted by atomic mass is 16.5. The van der Waals surface area contributed by atoms with Crippen molar-refractivity contribution in [3.05, 3.63) is 77.9 Å². The molecule has 0 aliphatic rings. The van der Waals surface area contributed by atoms with Crippen LogP contribution in [0, 0.1) is 0 Å². The lowest BCUT2D eigenvalue weighted by molar-refractivity contribution is 0.281. The number of hydrogen-bond acceptors (Lipinski definition) is 2. The summed E-state index contributed by atoms with van der Waals surface area (Å²) in [7, 11) is 4.16. The van der Waals surface area contributed by atoms with Crippen molar-refractivity contribution in [3.8, 4) is 5.75 Å². The maximum atomic E-state index is 5.77. The van der Waals surface area contributed by atoms with Crippen LogP contribution >= 0.6 is 0 Å². The summed E-state index contributed by atoms with van der Waals surface area (Å²) in [5, 5.41) is 2.54. The van der Waals surface area contributed by atoms with E-state index in [-0.39, 0.29) is 0 Å². The van der Waals surface area contributed by atoms with Crippen LogP contribution in [0.3, 0.4) is 0 Å². The van der Waals surface area contributed by atoms with Gasteiger partial charge in [-0.3, -0.25) is 0 Å². The molecule has 0 aromatic heterocycles. The minimum absolute atomic E-state index is 0.754. The summed E-state index contributed by atoms with van der Waals surface area (Å²) in [6, 6.07) is 23.2. The quantitative estimate of drug-likeness (QED) is 0.428. The summed E-state index contributed by atoms with van der Waals surface area (Å²) in [4.78, 5) is 2.17. The Kier molecular flexibility index (Phi) is 5.86. The van der Waals surface area contributed by atoms with E-state index in [1.54, 1.807) is 0 Å². The van der Waals surface area contributed by atoms with Crippen molar-refractivity contribution in [2.24, 2.45) is 0 Å². The zero-order chi connectivity index (χ0) is 17.5. The molecule has 0 aliphatic carbocycles. The van der Waals surface area contributed by atoms with Crippen molar-refractivity contribution in [3.63, 3.8) is 0 Å². The molecule has 0 heterocycles. The molecule has 0 saturated heterocycles. The molecule has 3 aromatic rings. The molecule has 2 heteroatoms. The Bertz CT molecular complexity index is 834. The van der Waals surface area contributed by atoms with Crippen LogP contribution in [0.15, 0.2) is 66.7 Å². The fourth-order valence-corrected chi connectivity index (χ4v) is 2.75. The lowest BCUT2D eigenvalue weighted by Gasteiger charge is -2.10. The monoisotopic (exact) mass is 331 g/mol. The maximum absolute atomic E-state index is 5.77. The Morgan fingerprint density at radius 2 is 1.48 bits per heavy atom. The first-order chi connectivity index (χ1) is 12.2. The van der Waals surface area contributed by atoms with Crippen molar-refractivity contribution in [1.29, 1.82) is 0 Å². The van der Waals surface area contributed by atoms with E-state index in [4.69, 9.17) is 4.74 Å². The van der Waals surface area contributed by atoms with Gasteiger partial charge < -0.3 is 9.64 Å². The summed E-state index contributed by atoms with van der Waals surface area (Å²) in [6.45, 7) is 1.80. The Balaban J connectivity index is 1.59. The van der Waals surface area contributed by atoms with Gasteiger partial charge in [-0.05, 0) is 60.6 Å². The van der Waals surface area contributed by atoms with Gasteiger partial charge in [0.25, 0.3) is 0 Å². The third-order valence-electron chi connectivity index (χ3n) is 4.14. The average Bonchev–Trinajstić information content (AvgIpc) is 2.64. The molecule has 25 heavy (non-hydrogen) atoms. The minimum atomic E-state index is 0.754. The Hall–Kier alpha value is -2.58. The highest BCUT2D eigenvalue weighted by Crippen LogP contribution is 2.18. The Morgan fingerprint density at radius 3 is 2.24 bits per heavy atom. The Morgan fingerprint density at radius 1 is 0.800 bits per heavy atom. The van der Waals surface area contributed by atoms with Crippen molar-refractivity contribution in [1.82, 2.24) is 4.90 Å². The lowest BCUT2D eigenvalue weighted by Crippen LogP contribution is -2.15. The highest BCUT2D eigenvalue weighted by molar-refractivity contribution is 5.85. The van der Waals surface area contributed by atoms with Crippen LogP contribution in [-0.4, -0.2) is 32.1 Å². The van der Waals surface area contributed by atoms with Crippen molar-refractivity contribution in [2.45, 2.75) is 6.42 Å². The molecule has 0 bridgehead atoms. The SMILES string of the molecule is CN(C)CCCOc1ccc(C=Cc2ccc3ccccc3c2)cc1. The molecule has 0 spiro atoms. The molecule has 0 aliphatic heterocycles. The van der Waals surface area contributed by atoms with E-state index < -0.39 is 0 Å². The number of benzene rings is 3. The lowest BCUT2D eigenvalue weighted by atomic mass is 10.1. The number of ether oxygens (including phenoxy) is 1. The molecule has 0 radical (unpaired) electrons. The molecule has 128 valence electrons. The third-order valence-corrected chi connectivity index (χ3v) is 4.14. The van der Waals surface area contributed by atoms with Gasteiger partial charge in [0.2, 0.25) is 0 Å². The van der Waals surface area contributed by atoms with Gasteiger partial charge in [0, 0.05) is 6.54 Å².